The van der Waals surface area contributed by atoms with Gasteiger partial charge in [-0.15, -0.1) is 0 Å². The zero-order chi connectivity index (χ0) is 30.5. The minimum absolute atomic E-state index is 0.0481. The Labute approximate surface area is 235 Å². The van der Waals surface area contributed by atoms with Crippen molar-refractivity contribution >= 4 is 34.8 Å². The van der Waals surface area contributed by atoms with Crippen molar-refractivity contribution in [2.45, 2.75) is 144 Å². The van der Waals surface area contributed by atoms with Crippen molar-refractivity contribution in [1.29, 1.82) is 0 Å². The normalized spacial score (nSPS) is 14.5. The number of carbonyl (C=O) groups excluding carboxylic acids is 4. The van der Waals surface area contributed by atoms with Crippen LogP contribution in [0.2, 0.25) is 0 Å². The first-order valence-electron chi connectivity index (χ1n) is 13.5. The zero-order valence-corrected chi connectivity index (χ0v) is 27.1. The summed E-state index contributed by atoms with van der Waals surface area (Å²) in [6, 6.07) is 0. The minimum Gasteiger partial charge on any atom is -0.443 e. The van der Waals surface area contributed by atoms with Crippen LogP contribution in [-0.4, -0.2) is 49.6 Å². The van der Waals surface area contributed by atoms with Gasteiger partial charge in [0, 0.05) is 33.5 Å². The lowest BCUT2D eigenvalue weighted by molar-refractivity contribution is -0.136. The molecule has 0 aromatic rings. The molecule has 0 aliphatic rings. The molecule has 38 heavy (non-hydrogen) atoms. The second-order valence-electron chi connectivity index (χ2n) is 14.5. The highest BCUT2D eigenvalue weighted by Crippen LogP contribution is 2.37. The van der Waals surface area contributed by atoms with Crippen LogP contribution in [0, 0.1) is 16.7 Å². The Morgan fingerprint density at radius 2 is 1.26 bits per heavy atom. The Kier molecular flexibility index (Phi) is 12.2. The van der Waals surface area contributed by atoms with Crippen LogP contribution >= 0.6 is 11.8 Å². The highest BCUT2D eigenvalue weighted by molar-refractivity contribution is 8.14. The predicted molar refractivity (Wildman–Crippen MR) is 155 cm³/mol. The van der Waals surface area contributed by atoms with Gasteiger partial charge in [-0.05, 0) is 60.8 Å². The number of alkyl carbamates (subject to hydrolysis) is 1. The maximum absolute atomic E-state index is 13.0. The maximum Gasteiger partial charge on any atom is 0.414 e. The van der Waals surface area contributed by atoms with E-state index in [9.17, 15) is 24.3 Å². The Bertz CT molecular complexity index is 869. The quantitative estimate of drug-likeness (QED) is 0.254. The van der Waals surface area contributed by atoms with Crippen LogP contribution < -0.4 is 10.6 Å². The number of carbonyl (C=O) groups is 4. The van der Waals surface area contributed by atoms with E-state index in [2.05, 4.69) is 10.6 Å². The molecule has 0 heterocycles. The van der Waals surface area contributed by atoms with E-state index in [1.54, 1.807) is 55.4 Å². The molecule has 0 fully saturated rings. The van der Waals surface area contributed by atoms with E-state index in [4.69, 9.17) is 4.74 Å². The van der Waals surface area contributed by atoms with Gasteiger partial charge in [0.15, 0.2) is 5.12 Å². The fourth-order valence-corrected chi connectivity index (χ4v) is 6.38. The molecule has 8 nitrogen and oxygen atoms in total. The van der Waals surface area contributed by atoms with Crippen molar-refractivity contribution in [1.82, 2.24) is 10.6 Å². The molecule has 0 bridgehead atoms. The third-order valence-corrected chi connectivity index (χ3v) is 7.57. The summed E-state index contributed by atoms with van der Waals surface area (Å²) < 4.78 is 5.14. The summed E-state index contributed by atoms with van der Waals surface area (Å²) in [6.07, 6.45) is 0.858. The van der Waals surface area contributed by atoms with Crippen LogP contribution in [0.5, 0.6) is 0 Å². The summed E-state index contributed by atoms with van der Waals surface area (Å²) in [5.74, 6) is -0.792. The second kappa shape index (κ2) is 12.7. The van der Waals surface area contributed by atoms with Crippen LogP contribution in [-0.2, 0) is 19.1 Å². The molecule has 0 aliphatic carbocycles. The molecule has 0 aromatic carbocycles. The highest BCUT2D eigenvalue weighted by Gasteiger charge is 2.41. The molecule has 222 valence electrons. The molecule has 0 aliphatic heterocycles. The van der Waals surface area contributed by atoms with Crippen LogP contribution in [0.25, 0.3) is 0 Å². The van der Waals surface area contributed by atoms with E-state index >= 15 is 0 Å². The van der Waals surface area contributed by atoms with E-state index in [1.807, 2.05) is 41.5 Å². The Hall–Kier alpha value is -1.61. The number of nitrogens with one attached hydrogen (secondary N) is 2. The molecular weight excluding hydrogens is 504 g/mol. The first-order chi connectivity index (χ1) is 16.6. The van der Waals surface area contributed by atoms with E-state index in [0.717, 1.165) is 6.42 Å². The maximum atomic E-state index is 13.0. The van der Waals surface area contributed by atoms with Gasteiger partial charge in [-0.2, -0.15) is 0 Å². The van der Waals surface area contributed by atoms with Crippen molar-refractivity contribution in [3.8, 4) is 0 Å². The molecule has 0 aromatic heterocycles. The topological polar surface area (TPSA) is 122 Å². The van der Waals surface area contributed by atoms with Gasteiger partial charge in [-0.25, -0.2) is 4.79 Å². The summed E-state index contributed by atoms with van der Waals surface area (Å²) in [4.78, 5) is 51.1. The van der Waals surface area contributed by atoms with Gasteiger partial charge in [0.05, 0.1) is 5.60 Å². The lowest BCUT2D eigenvalue weighted by Crippen LogP contribution is -2.54. The van der Waals surface area contributed by atoms with Crippen molar-refractivity contribution in [3.05, 3.63) is 0 Å². The molecule has 0 spiro atoms. The van der Waals surface area contributed by atoms with E-state index in [1.165, 1.54) is 11.8 Å². The SMILES string of the molecule is CCC(C)C(=O)SC(C)(C)CC(C)(C)OC(=O)NC(=O)C(C)(C)CC(C)(C)NC(=O)C(C)(C)CC(C)(C)O. The summed E-state index contributed by atoms with van der Waals surface area (Å²) in [5.41, 5.74) is -4.50. The first kappa shape index (κ1) is 36.4. The molecule has 9 heteroatoms. The minimum atomic E-state index is -1.00. The van der Waals surface area contributed by atoms with Gasteiger partial charge in [0.1, 0.15) is 5.60 Å². The van der Waals surface area contributed by atoms with Crippen molar-refractivity contribution in [3.63, 3.8) is 0 Å². The smallest absolute Gasteiger partial charge is 0.414 e. The van der Waals surface area contributed by atoms with Gasteiger partial charge < -0.3 is 15.2 Å². The molecule has 0 radical (unpaired) electrons. The third-order valence-electron chi connectivity index (χ3n) is 6.27. The van der Waals surface area contributed by atoms with Gasteiger partial charge in [-0.3, -0.25) is 19.7 Å². The Morgan fingerprint density at radius 3 is 1.71 bits per heavy atom. The third kappa shape index (κ3) is 13.5. The summed E-state index contributed by atoms with van der Waals surface area (Å²) in [5, 5.41) is 15.6. The predicted octanol–water partition coefficient (Wildman–Crippen LogP) is 5.99. The molecule has 3 amide bonds. The first-order valence-corrected chi connectivity index (χ1v) is 14.3. The standard InChI is InChI=1S/C29H54N2O6S/c1-15-19(2)20(32)38-29(13,14)18-28(11,12)37-23(35)30-21(33)24(3,4)16-26(7,8)31-22(34)25(5,6)17-27(9,10)36/h19,36H,15-18H2,1-14H3,(H,31,34)(H,30,33,35). The van der Waals surface area contributed by atoms with Crippen molar-refractivity contribution in [2.24, 2.45) is 16.7 Å². The molecule has 1 unspecified atom stereocenters. The summed E-state index contributed by atoms with van der Waals surface area (Å²) >= 11 is 1.26. The monoisotopic (exact) mass is 558 g/mol. The lowest BCUT2D eigenvalue weighted by atomic mass is 9.77. The number of hydrogen-bond donors (Lipinski definition) is 3. The van der Waals surface area contributed by atoms with E-state index < -0.39 is 44.3 Å². The number of ether oxygens (including phenoxy) is 1. The number of thioether (sulfide) groups is 1. The number of rotatable bonds is 13. The molecule has 1 atom stereocenters. The Balaban J connectivity index is 5.21. The van der Waals surface area contributed by atoms with Crippen LogP contribution in [0.3, 0.4) is 0 Å². The van der Waals surface area contributed by atoms with Gasteiger partial charge in [0.2, 0.25) is 11.8 Å². The molecule has 0 saturated heterocycles. The average Bonchev–Trinajstić information content (AvgIpc) is 2.61. The van der Waals surface area contributed by atoms with E-state index in [-0.39, 0.29) is 29.8 Å². The summed E-state index contributed by atoms with van der Waals surface area (Å²) in [6.45, 7) is 25.2. The van der Waals surface area contributed by atoms with Crippen LogP contribution in [0.15, 0.2) is 0 Å². The molecular formula is C29H54N2O6S. The molecule has 3 N–H and O–H groups in total. The second-order valence-corrected chi connectivity index (χ2v) is 16.3. The summed E-state index contributed by atoms with van der Waals surface area (Å²) in [7, 11) is 0. The number of imide groups is 1. The number of hydrogen-bond acceptors (Lipinski definition) is 7. The zero-order valence-electron chi connectivity index (χ0n) is 26.3. The van der Waals surface area contributed by atoms with Crippen molar-refractivity contribution < 1.29 is 29.0 Å². The van der Waals surface area contributed by atoms with Gasteiger partial charge >= 0.3 is 6.09 Å². The largest absolute Gasteiger partial charge is 0.443 e. The van der Waals surface area contributed by atoms with Gasteiger partial charge in [0.25, 0.3) is 0 Å². The number of amides is 3. The molecule has 0 saturated carbocycles. The van der Waals surface area contributed by atoms with E-state index in [0.29, 0.717) is 6.42 Å². The fourth-order valence-electron chi connectivity index (χ4n) is 5.04. The van der Waals surface area contributed by atoms with Crippen LogP contribution in [0.1, 0.15) is 123 Å². The van der Waals surface area contributed by atoms with Crippen molar-refractivity contribution in [2.75, 3.05) is 0 Å². The lowest BCUT2D eigenvalue weighted by Gasteiger charge is -2.38. The highest BCUT2D eigenvalue weighted by atomic mass is 32.2. The number of aliphatic hydroxyl groups is 1. The fraction of sp³-hybridized carbons (Fsp3) is 0.862. The Morgan fingerprint density at radius 1 is 0.789 bits per heavy atom. The average molecular weight is 559 g/mol. The van der Waals surface area contributed by atoms with Gasteiger partial charge in [-0.1, -0.05) is 67.2 Å². The van der Waals surface area contributed by atoms with Crippen LogP contribution in [0.4, 0.5) is 4.79 Å². The molecule has 0 rings (SSSR count).